The van der Waals surface area contributed by atoms with Gasteiger partial charge in [-0.3, -0.25) is 10.1 Å². The Morgan fingerprint density at radius 2 is 2.27 bits per heavy atom. The van der Waals surface area contributed by atoms with Gasteiger partial charge in [0.25, 0.3) is 12.1 Å². The Balaban J connectivity index is 3.39. The first-order chi connectivity index (χ1) is 6.99. The van der Waals surface area contributed by atoms with E-state index < -0.39 is 28.4 Å². The SMILES string of the molecule is Nc1c(C(F)F)ncc([N+](=O)[O-])c1CCl. The molecule has 1 aromatic rings. The molecule has 1 heterocycles. The minimum Gasteiger partial charge on any atom is -0.397 e. The van der Waals surface area contributed by atoms with Gasteiger partial charge in [0.1, 0.15) is 11.9 Å². The maximum atomic E-state index is 12.3. The molecule has 0 fully saturated rings. The van der Waals surface area contributed by atoms with Crippen molar-refractivity contribution in [2.24, 2.45) is 0 Å². The Morgan fingerprint density at radius 3 is 2.67 bits per heavy atom. The number of hydrogen-bond donors (Lipinski definition) is 1. The number of pyridine rings is 1. The lowest BCUT2D eigenvalue weighted by molar-refractivity contribution is -0.385. The minimum absolute atomic E-state index is 0.132. The highest BCUT2D eigenvalue weighted by Gasteiger charge is 2.23. The number of nitro groups is 1. The molecule has 0 aliphatic carbocycles. The van der Waals surface area contributed by atoms with Gasteiger partial charge in [0, 0.05) is 0 Å². The zero-order valence-electron chi connectivity index (χ0n) is 7.28. The maximum absolute atomic E-state index is 12.3. The van der Waals surface area contributed by atoms with E-state index >= 15 is 0 Å². The molecule has 2 N–H and O–H groups in total. The van der Waals surface area contributed by atoms with Crippen LogP contribution in [-0.4, -0.2) is 9.91 Å². The topological polar surface area (TPSA) is 82.0 Å². The molecular weight excluding hydrogens is 232 g/mol. The summed E-state index contributed by atoms with van der Waals surface area (Å²) in [6.45, 7) is 0. The van der Waals surface area contributed by atoms with Gasteiger partial charge in [-0.2, -0.15) is 0 Å². The molecule has 1 aromatic heterocycles. The van der Waals surface area contributed by atoms with E-state index in [-0.39, 0.29) is 11.4 Å². The summed E-state index contributed by atoms with van der Waals surface area (Å²) >= 11 is 5.40. The van der Waals surface area contributed by atoms with Crippen LogP contribution in [0, 0.1) is 10.1 Å². The molecule has 0 aliphatic rings. The standard InChI is InChI=1S/C7H6ClF2N3O2/c8-1-3-4(13(14)15)2-12-6(5(3)11)7(9)10/h2,7H,1,11H2. The summed E-state index contributed by atoms with van der Waals surface area (Å²) in [7, 11) is 0. The number of alkyl halides is 3. The van der Waals surface area contributed by atoms with Gasteiger partial charge in [0.05, 0.1) is 22.1 Å². The van der Waals surface area contributed by atoms with E-state index in [4.69, 9.17) is 17.3 Å². The third-order valence-corrected chi connectivity index (χ3v) is 2.04. The van der Waals surface area contributed by atoms with E-state index in [1.165, 1.54) is 0 Å². The Bertz CT molecular complexity index is 400. The third-order valence-electron chi connectivity index (χ3n) is 1.77. The van der Waals surface area contributed by atoms with Gasteiger partial charge in [-0.1, -0.05) is 0 Å². The second-order valence-electron chi connectivity index (χ2n) is 2.61. The zero-order valence-corrected chi connectivity index (χ0v) is 8.04. The molecule has 0 spiro atoms. The van der Waals surface area contributed by atoms with Crippen molar-refractivity contribution in [2.45, 2.75) is 12.3 Å². The molecule has 0 unspecified atom stereocenters. The van der Waals surface area contributed by atoms with E-state index in [0.717, 1.165) is 6.20 Å². The van der Waals surface area contributed by atoms with Crippen LogP contribution in [0.1, 0.15) is 17.7 Å². The number of nitrogen functional groups attached to an aromatic ring is 1. The maximum Gasteiger partial charge on any atom is 0.294 e. The van der Waals surface area contributed by atoms with Crippen molar-refractivity contribution in [3.8, 4) is 0 Å². The molecule has 1 rings (SSSR count). The quantitative estimate of drug-likeness (QED) is 0.497. The fraction of sp³-hybridized carbons (Fsp3) is 0.286. The first-order valence-corrected chi connectivity index (χ1v) is 4.28. The Hall–Kier alpha value is -1.50. The number of anilines is 1. The summed E-state index contributed by atoms with van der Waals surface area (Å²) in [6.07, 6.45) is -2.15. The van der Waals surface area contributed by atoms with Crippen LogP contribution in [0.25, 0.3) is 0 Å². The van der Waals surface area contributed by atoms with Gasteiger partial charge < -0.3 is 5.73 Å². The van der Waals surface area contributed by atoms with Crippen LogP contribution in [0.3, 0.4) is 0 Å². The molecule has 15 heavy (non-hydrogen) atoms. The molecule has 5 nitrogen and oxygen atoms in total. The van der Waals surface area contributed by atoms with E-state index in [9.17, 15) is 18.9 Å². The van der Waals surface area contributed by atoms with Gasteiger partial charge in [0.2, 0.25) is 0 Å². The van der Waals surface area contributed by atoms with E-state index in [1.807, 2.05) is 0 Å². The fourth-order valence-electron chi connectivity index (χ4n) is 1.04. The summed E-state index contributed by atoms with van der Waals surface area (Å²) in [5, 5.41) is 10.5. The van der Waals surface area contributed by atoms with Crippen molar-refractivity contribution >= 4 is 23.0 Å². The Labute approximate surface area is 88.0 Å². The van der Waals surface area contributed by atoms with Crippen LogP contribution in [-0.2, 0) is 5.88 Å². The molecule has 82 valence electrons. The predicted molar refractivity (Wildman–Crippen MR) is 49.8 cm³/mol. The molecule has 8 heteroatoms. The van der Waals surface area contributed by atoms with Crippen molar-refractivity contribution in [2.75, 3.05) is 5.73 Å². The van der Waals surface area contributed by atoms with Crippen LogP contribution >= 0.6 is 11.6 Å². The number of halogens is 3. The number of aromatic nitrogens is 1. The van der Waals surface area contributed by atoms with Gasteiger partial charge in [-0.15, -0.1) is 11.6 Å². The first-order valence-electron chi connectivity index (χ1n) is 3.74. The molecule has 0 amide bonds. The average molecular weight is 238 g/mol. The van der Waals surface area contributed by atoms with Crippen LogP contribution < -0.4 is 5.73 Å². The molecule has 0 saturated heterocycles. The van der Waals surface area contributed by atoms with E-state index in [0.29, 0.717) is 0 Å². The molecule has 0 radical (unpaired) electrons. The van der Waals surface area contributed by atoms with Crippen LogP contribution in [0.15, 0.2) is 6.20 Å². The normalized spacial score (nSPS) is 10.7. The number of rotatable bonds is 3. The summed E-state index contributed by atoms with van der Waals surface area (Å²) in [5.41, 5.74) is 3.61. The van der Waals surface area contributed by atoms with Gasteiger partial charge in [0.15, 0.2) is 0 Å². The molecule has 0 bridgehead atoms. The Kier molecular flexibility index (Phi) is 3.35. The number of nitrogens with zero attached hydrogens (tertiary/aromatic N) is 2. The summed E-state index contributed by atoms with van der Waals surface area (Å²) in [6, 6.07) is 0. The lowest BCUT2D eigenvalue weighted by Gasteiger charge is -2.07. The monoisotopic (exact) mass is 237 g/mol. The lowest BCUT2D eigenvalue weighted by Crippen LogP contribution is -2.05. The molecule has 0 aromatic carbocycles. The highest BCUT2D eigenvalue weighted by molar-refractivity contribution is 6.17. The van der Waals surface area contributed by atoms with Gasteiger partial charge in [-0.25, -0.2) is 13.8 Å². The average Bonchev–Trinajstić information content (AvgIpc) is 2.16. The van der Waals surface area contributed by atoms with Crippen LogP contribution in [0.2, 0.25) is 0 Å². The fourth-order valence-corrected chi connectivity index (χ4v) is 1.32. The Morgan fingerprint density at radius 1 is 1.67 bits per heavy atom. The first kappa shape index (κ1) is 11.6. The summed E-state index contributed by atoms with van der Waals surface area (Å²) in [5.74, 6) is -0.315. The smallest absolute Gasteiger partial charge is 0.294 e. The predicted octanol–water partition coefficient (Wildman–Crippen LogP) is 2.25. The van der Waals surface area contributed by atoms with Crippen LogP contribution in [0.5, 0.6) is 0 Å². The minimum atomic E-state index is -2.88. The van der Waals surface area contributed by atoms with Crippen molar-refractivity contribution in [3.63, 3.8) is 0 Å². The molecule has 0 atom stereocenters. The van der Waals surface area contributed by atoms with Crippen molar-refractivity contribution in [3.05, 3.63) is 27.6 Å². The van der Waals surface area contributed by atoms with E-state index in [1.54, 1.807) is 0 Å². The second kappa shape index (κ2) is 4.35. The van der Waals surface area contributed by atoms with Crippen molar-refractivity contribution in [1.82, 2.24) is 4.98 Å². The summed E-state index contributed by atoms with van der Waals surface area (Å²) in [4.78, 5) is 12.9. The molecule has 0 aliphatic heterocycles. The van der Waals surface area contributed by atoms with Crippen molar-refractivity contribution in [1.29, 1.82) is 0 Å². The van der Waals surface area contributed by atoms with Crippen molar-refractivity contribution < 1.29 is 13.7 Å². The third kappa shape index (κ3) is 2.12. The molecule has 0 saturated carbocycles. The van der Waals surface area contributed by atoms with Gasteiger partial charge in [-0.05, 0) is 0 Å². The zero-order chi connectivity index (χ0) is 11.6. The lowest BCUT2D eigenvalue weighted by atomic mass is 10.1. The molecular formula is C7H6ClF2N3O2. The largest absolute Gasteiger partial charge is 0.397 e. The highest BCUT2D eigenvalue weighted by Crippen LogP contribution is 2.32. The number of hydrogen-bond acceptors (Lipinski definition) is 4. The number of nitrogens with two attached hydrogens (primary N) is 1. The van der Waals surface area contributed by atoms with E-state index in [2.05, 4.69) is 4.98 Å². The summed E-state index contributed by atoms with van der Waals surface area (Å²) < 4.78 is 24.6. The van der Waals surface area contributed by atoms with Gasteiger partial charge >= 0.3 is 0 Å². The van der Waals surface area contributed by atoms with Crippen LogP contribution in [0.4, 0.5) is 20.2 Å². The second-order valence-corrected chi connectivity index (χ2v) is 2.88. The highest BCUT2D eigenvalue weighted by atomic mass is 35.5.